The summed E-state index contributed by atoms with van der Waals surface area (Å²) in [7, 11) is 0. The van der Waals surface area contributed by atoms with Crippen molar-refractivity contribution in [2.45, 2.75) is 38.6 Å². The fourth-order valence-electron chi connectivity index (χ4n) is 2.70. The van der Waals surface area contributed by atoms with E-state index in [9.17, 15) is 4.79 Å². The predicted molar refractivity (Wildman–Crippen MR) is 87.1 cm³/mol. The molecule has 0 aliphatic heterocycles. The molecule has 4 heteroatoms. The molecule has 3 N–H and O–H groups in total. The summed E-state index contributed by atoms with van der Waals surface area (Å²) in [6.07, 6.45) is 8.36. The van der Waals surface area contributed by atoms with Crippen LogP contribution >= 0.6 is 0 Å². The van der Waals surface area contributed by atoms with Crippen molar-refractivity contribution >= 4 is 17.9 Å². The highest BCUT2D eigenvalue weighted by molar-refractivity contribution is 6.05. The van der Waals surface area contributed by atoms with E-state index in [1.54, 1.807) is 0 Å². The van der Waals surface area contributed by atoms with Crippen LogP contribution in [-0.2, 0) is 0 Å². The number of amides is 2. The summed E-state index contributed by atoms with van der Waals surface area (Å²) in [6, 6.07) is 9.62. The Kier molecular flexibility index (Phi) is 5.55. The Bertz CT molecular complexity index is 522. The molecule has 0 spiro atoms. The zero-order chi connectivity index (χ0) is 15.1. The molecule has 4 nitrogen and oxygen atoms in total. The second-order valence-corrected chi connectivity index (χ2v) is 5.67. The standard InChI is InChI=1S/C17H23N3O/c1-13-6-5-9-15(12-13)19-16(20-17(18)21)11-10-14-7-3-2-4-8-14/h2-4,7-8,10-11,13,15H,5-6,9,12H2,1H3,(H3,18,19,20,21). The van der Waals surface area contributed by atoms with Crippen molar-refractivity contribution in [2.24, 2.45) is 16.6 Å². The molecule has 0 heterocycles. The fourth-order valence-corrected chi connectivity index (χ4v) is 2.70. The lowest BCUT2D eigenvalue weighted by molar-refractivity contribution is 0.253. The minimum Gasteiger partial charge on any atom is -0.351 e. The van der Waals surface area contributed by atoms with Gasteiger partial charge in [-0.15, -0.1) is 0 Å². The van der Waals surface area contributed by atoms with E-state index in [0.29, 0.717) is 11.8 Å². The molecular formula is C17H23N3O. The summed E-state index contributed by atoms with van der Waals surface area (Å²) in [5.41, 5.74) is 6.29. The van der Waals surface area contributed by atoms with Gasteiger partial charge >= 0.3 is 6.03 Å². The van der Waals surface area contributed by atoms with Crippen molar-refractivity contribution < 1.29 is 4.79 Å². The molecule has 2 amide bonds. The van der Waals surface area contributed by atoms with Gasteiger partial charge in [0.15, 0.2) is 0 Å². The van der Waals surface area contributed by atoms with E-state index in [4.69, 9.17) is 5.73 Å². The van der Waals surface area contributed by atoms with Crippen LogP contribution in [0.4, 0.5) is 4.79 Å². The van der Waals surface area contributed by atoms with Crippen molar-refractivity contribution in [1.82, 2.24) is 5.32 Å². The van der Waals surface area contributed by atoms with Gasteiger partial charge in [-0.1, -0.05) is 56.2 Å². The van der Waals surface area contributed by atoms with Crippen molar-refractivity contribution in [3.05, 3.63) is 42.0 Å². The molecule has 0 radical (unpaired) electrons. The van der Waals surface area contributed by atoms with Crippen LogP contribution in [0.2, 0.25) is 0 Å². The summed E-state index contributed by atoms with van der Waals surface area (Å²) < 4.78 is 0. The summed E-state index contributed by atoms with van der Waals surface area (Å²) in [4.78, 5) is 15.8. The first-order chi connectivity index (χ1) is 10.1. The predicted octanol–water partition coefficient (Wildman–Crippen LogP) is 3.35. The van der Waals surface area contributed by atoms with E-state index >= 15 is 0 Å². The number of hydrogen-bond acceptors (Lipinski definition) is 2. The van der Waals surface area contributed by atoms with Crippen LogP contribution < -0.4 is 11.1 Å². The van der Waals surface area contributed by atoms with Crippen LogP contribution in [0, 0.1) is 5.92 Å². The smallest absolute Gasteiger partial charge is 0.317 e. The number of carbonyl (C=O) groups excluding carboxylic acids is 1. The van der Waals surface area contributed by atoms with Gasteiger partial charge in [-0.3, -0.25) is 10.3 Å². The first-order valence-electron chi connectivity index (χ1n) is 7.51. The van der Waals surface area contributed by atoms with E-state index in [1.165, 1.54) is 12.8 Å². The number of hydrogen-bond donors (Lipinski definition) is 2. The Hall–Kier alpha value is -2.10. The molecule has 0 aromatic heterocycles. The Morgan fingerprint density at radius 3 is 2.76 bits per heavy atom. The third-order valence-corrected chi connectivity index (χ3v) is 3.71. The zero-order valence-corrected chi connectivity index (χ0v) is 12.5. The average molecular weight is 285 g/mol. The molecule has 2 rings (SSSR count). The second kappa shape index (κ2) is 7.62. The third kappa shape index (κ3) is 5.42. The van der Waals surface area contributed by atoms with E-state index in [-0.39, 0.29) is 6.04 Å². The largest absolute Gasteiger partial charge is 0.351 e. The highest BCUT2D eigenvalue weighted by Crippen LogP contribution is 2.25. The molecule has 1 aliphatic rings. The van der Waals surface area contributed by atoms with Gasteiger partial charge in [0.05, 0.1) is 6.04 Å². The first kappa shape index (κ1) is 15.3. The fraction of sp³-hybridized carbons (Fsp3) is 0.412. The van der Waals surface area contributed by atoms with Gasteiger partial charge in [-0.2, -0.15) is 0 Å². The SMILES string of the molecule is CC1CCCC(N=C(C=Cc2ccccc2)NC(N)=O)C1. The highest BCUT2D eigenvalue weighted by Gasteiger charge is 2.18. The quantitative estimate of drug-likeness (QED) is 0.649. The number of amidine groups is 1. The van der Waals surface area contributed by atoms with Gasteiger partial charge < -0.3 is 5.73 Å². The number of urea groups is 1. The van der Waals surface area contributed by atoms with E-state index in [1.807, 2.05) is 42.5 Å². The number of primary amides is 1. The van der Waals surface area contributed by atoms with Crippen LogP contribution in [-0.4, -0.2) is 17.9 Å². The van der Waals surface area contributed by atoms with Crippen LogP contribution in [0.1, 0.15) is 38.2 Å². The lowest BCUT2D eigenvalue weighted by atomic mass is 9.87. The highest BCUT2D eigenvalue weighted by atomic mass is 16.2. The Labute approximate surface area is 126 Å². The number of nitrogens with one attached hydrogen (secondary N) is 1. The molecule has 112 valence electrons. The maximum Gasteiger partial charge on any atom is 0.317 e. The topological polar surface area (TPSA) is 67.5 Å². The van der Waals surface area contributed by atoms with E-state index < -0.39 is 6.03 Å². The molecule has 1 fully saturated rings. The number of nitrogens with zero attached hydrogens (tertiary/aromatic N) is 1. The number of rotatable bonds is 3. The molecule has 1 aromatic carbocycles. The number of nitrogens with two attached hydrogens (primary N) is 1. The third-order valence-electron chi connectivity index (χ3n) is 3.71. The zero-order valence-electron chi connectivity index (χ0n) is 12.5. The molecule has 1 aromatic rings. The molecule has 0 bridgehead atoms. The molecule has 1 saturated carbocycles. The Morgan fingerprint density at radius 2 is 2.10 bits per heavy atom. The molecular weight excluding hydrogens is 262 g/mol. The maximum atomic E-state index is 11.1. The van der Waals surface area contributed by atoms with E-state index in [0.717, 1.165) is 18.4 Å². The number of aliphatic imine (C=N–C) groups is 1. The normalized spacial score (nSPS) is 23.2. The van der Waals surface area contributed by atoms with Gasteiger partial charge in [0, 0.05) is 0 Å². The molecule has 2 atom stereocenters. The van der Waals surface area contributed by atoms with Gasteiger partial charge in [0.2, 0.25) is 0 Å². The second-order valence-electron chi connectivity index (χ2n) is 5.67. The lowest BCUT2D eigenvalue weighted by Gasteiger charge is -2.24. The van der Waals surface area contributed by atoms with Crippen LogP contribution in [0.15, 0.2) is 41.4 Å². The van der Waals surface area contributed by atoms with Crippen molar-refractivity contribution in [2.75, 3.05) is 0 Å². The van der Waals surface area contributed by atoms with Crippen LogP contribution in [0.25, 0.3) is 6.08 Å². The van der Waals surface area contributed by atoms with Crippen molar-refractivity contribution in [3.8, 4) is 0 Å². The van der Waals surface area contributed by atoms with Crippen LogP contribution in [0.5, 0.6) is 0 Å². The summed E-state index contributed by atoms with van der Waals surface area (Å²) in [5, 5.41) is 2.61. The van der Waals surface area contributed by atoms with Gasteiger partial charge in [-0.05, 0) is 30.4 Å². The van der Waals surface area contributed by atoms with Crippen LogP contribution in [0.3, 0.4) is 0 Å². The Balaban J connectivity index is 2.10. The lowest BCUT2D eigenvalue weighted by Crippen LogP contribution is -2.35. The summed E-state index contributed by atoms with van der Waals surface area (Å²) in [5.74, 6) is 1.24. The molecule has 1 aliphatic carbocycles. The number of carbonyl (C=O) groups is 1. The Morgan fingerprint density at radius 1 is 1.33 bits per heavy atom. The van der Waals surface area contributed by atoms with Gasteiger partial charge in [0.25, 0.3) is 0 Å². The van der Waals surface area contributed by atoms with Crippen molar-refractivity contribution in [1.29, 1.82) is 0 Å². The summed E-state index contributed by atoms with van der Waals surface area (Å²) in [6.45, 7) is 2.25. The van der Waals surface area contributed by atoms with Crippen molar-refractivity contribution in [3.63, 3.8) is 0 Å². The van der Waals surface area contributed by atoms with Gasteiger partial charge in [0.1, 0.15) is 5.84 Å². The number of benzene rings is 1. The average Bonchev–Trinajstić information content (AvgIpc) is 2.45. The van der Waals surface area contributed by atoms with E-state index in [2.05, 4.69) is 17.2 Å². The van der Waals surface area contributed by atoms with Gasteiger partial charge in [-0.25, -0.2) is 4.79 Å². The molecule has 0 saturated heterocycles. The minimum atomic E-state index is -0.574. The molecule has 21 heavy (non-hydrogen) atoms. The minimum absolute atomic E-state index is 0.274. The maximum absolute atomic E-state index is 11.1. The monoisotopic (exact) mass is 285 g/mol. The summed E-state index contributed by atoms with van der Waals surface area (Å²) >= 11 is 0. The molecule has 2 unspecified atom stereocenters. The first-order valence-corrected chi connectivity index (χ1v) is 7.51.